The van der Waals surface area contributed by atoms with Crippen LogP contribution in [0.2, 0.25) is 0 Å². The molecule has 0 amide bonds. The molecular formula is C11H13F2NO2. The van der Waals surface area contributed by atoms with E-state index in [-0.39, 0.29) is 11.5 Å². The number of ether oxygens (including phenoxy) is 1. The zero-order valence-corrected chi connectivity index (χ0v) is 8.84. The lowest BCUT2D eigenvalue weighted by atomic mass is 9.69. The fourth-order valence-corrected chi connectivity index (χ4v) is 2.15. The summed E-state index contributed by atoms with van der Waals surface area (Å²) in [5.74, 6) is -2.63. The summed E-state index contributed by atoms with van der Waals surface area (Å²) in [6.45, 7) is 0. The Balaban J connectivity index is 2.35. The first-order valence-corrected chi connectivity index (χ1v) is 4.91. The number of hydrogen-bond acceptors (Lipinski definition) is 3. The Hall–Kier alpha value is -1.36. The summed E-state index contributed by atoms with van der Waals surface area (Å²) >= 11 is 0. The van der Waals surface area contributed by atoms with Gasteiger partial charge in [-0.3, -0.25) is 0 Å². The molecule has 0 bridgehead atoms. The van der Waals surface area contributed by atoms with Gasteiger partial charge in [0.1, 0.15) is 0 Å². The second-order valence-electron chi connectivity index (χ2n) is 4.22. The smallest absolute Gasteiger partial charge is 0.252 e. The summed E-state index contributed by atoms with van der Waals surface area (Å²) in [6, 6.07) is 4.73. The van der Waals surface area contributed by atoms with Crippen molar-refractivity contribution in [2.24, 2.45) is 5.73 Å². The van der Waals surface area contributed by atoms with Crippen LogP contribution in [-0.4, -0.2) is 18.1 Å². The van der Waals surface area contributed by atoms with E-state index in [1.54, 1.807) is 18.2 Å². The first-order valence-electron chi connectivity index (χ1n) is 4.91. The lowest BCUT2D eigenvalue weighted by Crippen LogP contribution is -2.55. The zero-order valence-electron chi connectivity index (χ0n) is 8.84. The van der Waals surface area contributed by atoms with E-state index < -0.39 is 24.3 Å². The standard InChI is InChI=1S/C11H13F2NO2/c1-16-8-4-2-3-7(9(8)15)10(14)5-11(12,13)6-10/h2-4,15H,5-6,14H2,1H3. The molecule has 1 saturated carbocycles. The minimum absolute atomic E-state index is 0.150. The minimum atomic E-state index is -2.73. The van der Waals surface area contributed by atoms with E-state index in [0.29, 0.717) is 5.56 Å². The Morgan fingerprint density at radius 2 is 2.00 bits per heavy atom. The molecule has 1 fully saturated rings. The second-order valence-corrected chi connectivity index (χ2v) is 4.22. The maximum Gasteiger partial charge on any atom is 0.252 e. The number of nitrogens with two attached hydrogens (primary N) is 1. The van der Waals surface area contributed by atoms with Gasteiger partial charge in [-0.25, -0.2) is 8.78 Å². The maximum absolute atomic E-state index is 12.8. The van der Waals surface area contributed by atoms with Gasteiger partial charge in [0.05, 0.1) is 12.6 Å². The number of rotatable bonds is 2. The van der Waals surface area contributed by atoms with Crippen molar-refractivity contribution in [2.45, 2.75) is 24.3 Å². The van der Waals surface area contributed by atoms with E-state index >= 15 is 0 Å². The quantitative estimate of drug-likeness (QED) is 0.815. The van der Waals surface area contributed by atoms with Crippen LogP contribution in [0.3, 0.4) is 0 Å². The molecule has 1 aliphatic rings. The molecule has 16 heavy (non-hydrogen) atoms. The highest BCUT2D eigenvalue weighted by Crippen LogP contribution is 2.52. The van der Waals surface area contributed by atoms with Gasteiger partial charge >= 0.3 is 0 Å². The van der Waals surface area contributed by atoms with Gasteiger partial charge in [-0.05, 0) is 6.07 Å². The fourth-order valence-electron chi connectivity index (χ4n) is 2.15. The van der Waals surface area contributed by atoms with Gasteiger partial charge in [0.15, 0.2) is 11.5 Å². The summed E-state index contributed by atoms with van der Waals surface area (Å²) in [4.78, 5) is 0. The number of aromatic hydroxyl groups is 1. The third-order valence-electron chi connectivity index (χ3n) is 2.90. The van der Waals surface area contributed by atoms with E-state index in [9.17, 15) is 13.9 Å². The predicted molar refractivity (Wildman–Crippen MR) is 54.7 cm³/mol. The highest BCUT2D eigenvalue weighted by molar-refractivity contribution is 5.49. The second kappa shape index (κ2) is 3.31. The van der Waals surface area contributed by atoms with Crippen LogP contribution in [0.25, 0.3) is 0 Å². The molecule has 3 N–H and O–H groups in total. The topological polar surface area (TPSA) is 55.5 Å². The highest BCUT2D eigenvalue weighted by Gasteiger charge is 2.56. The number of phenolic OH excluding ortho intramolecular Hbond substituents is 1. The van der Waals surface area contributed by atoms with Crippen LogP contribution < -0.4 is 10.5 Å². The van der Waals surface area contributed by atoms with Crippen molar-refractivity contribution >= 4 is 0 Å². The highest BCUT2D eigenvalue weighted by atomic mass is 19.3. The SMILES string of the molecule is COc1cccc(C2(N)CC(F)(F)C2)c1O. The molecule has 0 atom stereocenters. The molecule has 5 heteroatoms. The molecule has 0 heterocycles. The molecule has 0 radical (unpaired) electrons. The first kappa shape index (κ1) is 11.1. The van der Waals surface area contributed by atoms with Gasteiger partial charge in [-0.1, -0.05) is 12.1 Å². The maximum atomic E-state index is 12.8. The van der Waals surface area contributed by atoms with Crippen LogP contribution in [0, 0.1) is 0 Å². The zero-order chi connectivity index (χ0) is 12.0. The molecule has 2 rings (SSSR count). The Labute approximate surface area is 91.8 Å². The summed E-state index contributed by atoms with van der Waals surface area (Å²) in [5, 5.41) is 9.81. The molecule has 0 saturated heterocycles. The average Bonchev–Trinajstić information content (AvgIpc) is 2.14. The van der Waals surface area contributed by atoms with Crippen LogP contribution >= 0.6 is 0 Å². The van der Waals surface area contributed by atoms with Crippen molar-refractivity contribution < 1.29 is 18.6 Å². The minimum Gasteiger partial charge on any atom is -0.504 e. The van der Waals surface area contributed by atoms with Crippen molar-refractivity contribution in [3.05, 3.63) is 23.8 Å². The molecule has 3 nitrogen and oxygen atoms in total. The lowest BCUT2D eigenvalue weighted by molar-refractivity contribution is -0.125. The number of phenols is 1. The Morgan fingerprint density at radius 3 is 2.50 bits per heavy atom. The van der Waals surface area contributed by atoms with Crippen molar-refractivity contribution in [3.8, 4) is 11.5 Å². The predicted octanol–water partition coefficient (Wildman–Crippen LogP) is 1.98. The Morgan fingerprint density at radius 1 is 1.38 bits per heavy atom. The third-order valence-corrected chi connectivity index (χ3v) is 2.90. The van der Waals surface area contributed by atoms with Gasteiger partial charge in [0, 0.05) is 18.4 Å². The van der Waals surface area contributed by atoms with Gasteiger partial charge < -0.3 is 15.6 Å². The molecule has 1 aromatic carbocycles. The van der Waals surface area contributed by atoms with Gasteiger partial charge in [0.2, 0.25) is 0 Å². The number of methoxy groups -OCH3 is 1. The molecule has 0 spiro atoms. The molecule has 0 aliphatic heterocycles. The van der Waals surface area contributed by atoms with Gasteiger partial charge in [-0.15, -0.1) is 0 Å². The number of benzene rings is 1. The summed E-state index contributed by atoms with van der Waals surface area (Å²) in [5.41, 5.74) is 5.00. The van der Waals surface area contributed by atoms with Crippen LogP contribution in [0.15, 0.2) is 18.2 Å². The van der Waals surface area contributed by atoms with Crippen molar-refractivity contribution in [2.75, 3.05) is 7.11 Å². The summed E-state index contributed by atoms with van der Waals surface area (Å²) < 4.78 is 30.6. The molecule has 1 aromatic rings. The van der Waals surface area contributed by atoms with Crippen molar-refractivity contribution in [1.82, 2.24) is 0 Å². The normalized spacial score (nSPS) is 21.2. The van der Waals surface area contributed by atoms with Gasteiger partial charge in [0.25, 0.3) is 5.92 Å². The fraction of sp³-hybridized carbons (Fsp3) is 0.455. The van der Waals surface area contributed by atoms with Crippen LogP contribution in [0.5, 0.6) is 11.5 Å². The lowest BCUT2D eigenvalue weighted by Gasteiger charge is -2.45. The number of para-hydroxylation sites is 1. The molecular weight excluding hydrogens is 216 g/mol. The van der Waals surface area contributed by atoms with Crippen LogP contribution in [-0.2, 0) is 5.54 Å². The van der Waals surface area contributed by atoms with E-state index in [0.717, 1.165) is 0 Å². The monoisotopic (exact) mass is 229 g/mol. The van der Waals surface area contributed by atoms with Crippen LogP contribution in [0.4, 0.5) is 8.78 Å². The molecule has 0 aromatic heterocycles. The average molecular weight is 229 g/mol. The largest absolute Gasteiger partial charge is 0.504 e. The van der Waals surface area contributed by atoms with E-state index in [4.69, 9.17) is 10.5 Å². The van der Waals surface area contributed by atoms with Crippen molar-refractivity contribution in [1.29, 1.82) is 0 Å². The number of hydrogen-bond donors (Lipinski definition) is 2. The first-order chi connectivity index (χ1) is 7.38. The molecule has 88 valence electrons. The van der Waals surface area contributed by atoms with E-state index in [1.807, 2.05) is 0 Å². The Bertz CT molecular complexity index is 412. The van der Waals surface area contributed by atoms with Crippen molar-refractivity contribution in [3.63, 3.8) is 0 Å². The van der Waals surface area contributed by atoms with Gasteiger partial charge in [-0.2, -0.15) is 0 Å². The van der Waals surface area contributed by atoms with E-state index in [1.165, 1.54) is 7.11 Å². The van der Waals surface area contributed by atoms with Crippen LogP contribution in [0.1, 0.15) is 18.4 Å². The molecule has 0 unspecified atom stereocenters. The Kier molecular flexibility index (Phi) is 2.31. The summed E-state index contributed by atoms with van der Waals surface area (Å²) in [6.07, 6.45) is -0.887. The summed E-state index contributed by atoms with van der Waals surface area (Å²) in [7, 11) is 1.40. The van der Waals surface area contributed by atoms with E-state index in [2.05, 4.69) is 0 Å². The third kappa shape index (κ3) is 1.61. The molecule has 1 aliphatic carbocycles. The number of halogens is 2. The number of alkyl halides is 2.